The van der Waals surface area contributed by atoms with Gasteiger partial charge >= 0.3 is 0 Å². The third-order valence-electron chi connectivity index (χ3n) is 2.75. The quantitative estimate of drug-likeness (QED) is 0.311. The maximum atomic E-state index is 9.51. The number of unbranched alkanes of at least 4 members (excludes halogenated alkanes) is 1. The molecule has 0 spiro atoms. The first-order valence-electron chi connectivity index (χ1n) is 7.63. The summed E-state index contributed by atoms with van der Waals surface area (Å²) in [6.45, 7) is 8.79. The first-order valence-corrected chi connectivity index (χ1v) is 7.63. The molecule has 20 heavy (non-hydrogen) atoms. The summed E-state index contributed by atoms with van der Waals surface area (Å²) < 4.78 is 10.2. The predicted molar refractivity (Wildman–Crippen MR) is 80.0 cm³/mol. The van der Waals surface area contributed by atoms with E-state index in [4.69, 9.17) is 9.47 Å². The van der Waals surface area contributed by atoms with E-state index in [1.807, 2.05) is 13.8 Å². The van der Waals surface area contributed by atoms with Crippen LogP contribution in [0.3, 0.4) is 0 Å². The van der Waals surface area contributed by atoms with Crippen molar-refractivity contribution in [3.8, 4) is 0 Å². The number of aliphatic hydroxyl groups is 2. The second-order valence-corrected chi connectivity index (χ2v) is 4.74. The zero-order valence-corrected chi connectivity index (χ0v) is 12.9. The molecule has 0 fully saturated rings. The topological polar surface area (TPSA) is 83.0 Å². The van der Waals surface area contributed by atoms with E-state index in [9.17, 15) is 10.2 Å². The molecule has 0 aliphatic rings. The normalized spacial score (nSPS) is 14.4. The number of ether oxygens (including phenoxy) is 2. The predicted octanol–water partition coefficient (Wildman–Crippen LogP) is -0.259. The molecule has 0 rings (SSSR count). The van der Waals surface area contributed by atoms with Crippen LogP contribution in [0.5, 0.6) is 0 Å². The van der Waals surface area contributed by atoms with Gasteiger partial charge in [0, 0.05) is 26.3 Å². The number of hydrogen-bond acceptors (Lipinski definition) is 6. The lowest BCUT2D eigenvalue weighted by Gasteiger charge is -2.12. The highest BCUT2D eigenvalue weighted by Gasteiger charge is 2.03. The van der Waals surface area contributed by atoms with Gasteiger partial charge in [-0.05, 0) is 39.8 Å². The van der Waals surface area contributed by atoms with Crippen molar-refractivity contribution in [3.05, 3.63) is 0 Å². The van der Waals surface area contributed by atoms with Gasteiger partial charge in [-0.1, -0.05) is 0 Å². The first-order chi connectivity index (χ1) is 9.70. The van der Waals surface area contributed by atoms with E-state index in [1.165, 1.54) is 0 Å². The summed E-state index contributed by atoms with van der Waals surface area (Å²) in [6.07, 6.45) is 1.22. The average Bonchev–Trinajstić information content (AvgIpc) is 2.45. The van der Waals surface area contributed by atoms with E-state index >= 15 is 0 Å². The Morgan fingerprint density at radius 3 is 1.55 bits per heavy atom. The minimum absolute atomic E-state index is 0.392. The number of rotatable bonds is 15. The minimum atomic E-state index is -0.429. The lowest BCUT2D eigenvalue weighted by molar-refractivity contribution is 0.0424. The summed E-state index contributed by atoms with van der Waals surface area (Å²) in [5.74, 6) is 0. The largest absolute Gasteiger partial charge is 0.389 e. The summed E-state index contributed by atoms with van der Waals surface area (Å²) in [4.78, 5) is 0. The molecule has 2 unspecified atom stereocenters. The lowest BCUT2D eigenvalue weighted by atomic mass is 10.3. The highest BCUT2D eigenvalue weighted by molar-refractivity contribution is 4.60. The molecule has 0 saturated heterocycles. The maximum Gasteiger partial charge on any atom is 0.0897 e. The molecule has 6 heteroatoms. The Kier molecular flexibility index (Phi) is 15.0. The molecule has 0 aromatic carbocycles. The average molecular weight is 292 g/mol. The van der Waals surface area contributed by atoms with Crippen molar-refractivity contribution in [2.24, 2.45) is 0 Å². The molecule has 0 aliphatic heterocycles. The van der Waals surface area contributed by atoms with Crippen molar-refractivity contribution in [1.82, 2.24) is 10.6 Å². The van der Waals surface area contributed by atoms with Crippen molar-refractivity contribution in [2.75, 3.05) is 52.6 Å². The summed E-state index contributed by atoms with van der Waals surface area (Å²) in [6, 6.07) is 0. The van der Waals surface area contributed by atoms with E-state index in [0.717, 1.165) is 25.9 Å². The van der Waals surface area contributed by atoms with Gasteiger partial charge in [-0.15, -0.1) is 0 Å². The third kappa shape index (κ3) is 14.2. The highest BCUT2D eigenvalue weighted by atomic mass is 16.5. The standard InChI is InChI=1S/C14H32N2O4/c1-3-19-11-13(17)9-15-7-5-6-8-16-10-14(18)12-20-4-2/h13-18H,3-12H2,1-2H3. The fourth-order valence-electron chi connectivity index (χ4n) is 1.66. The van der Waals surface area contributed by atoms with Crippen LogP contribution in [-0.4, -0.2) is 75.0 Å². The van der Waals surface area contributed by atoms with Gasteiger partial charge in [0.05, 0.1) is 25.4 Å². The highest BCUT2D eigenvalue weighted by Crippen LogP contribution is 1.88. The number of aliphatic hydroxyl groups excluding tert-OH is 2. The Balaban J connectivity index is 3.16. The Hall–Kier alpha value is -0.240. The van der Waals surface area contributed by atoms with Gasteiger partial charge < -0.3 is 30.3 Å². The molecular weight excluding hydrogens is 260 g/mol. The van der Waals surface area contributed by atoms with Crippen LogP contribution in [0.2, 0.25) is 0 Å². The zero-order valence-electron chi connectivity index (χ0n) is 12.9. The summed E-state index contributed by atoms with van der Waals surface area (Å²) >= 11 is 0. The smallest absolute Gasteiger partial charge is 0.0897 e. The second-order valence-electron chi connectivity index (χ2n) is 4.74. The van der Waals surface area contributed by atoms with Gasteiger partial charge in [0.1, 0.15) is 0 Å². The van der Waals surface area contributed by atoms with Gasteiger partial charge in [-0.25, -0.2) is 0 Å². The Morgan fingerprint density at radius 2 is 1.20 bits per heavy atom. The van der Waals surface area contributed by atoms with Crippen molar-refractivity contribution in [2.45, 2.75) is 38.9 Å². The van der Waals surface area contributed by atoms with E-state index in [1.54, 1.807) is 0 Å². The van der Waals surface area contributed by atoms with E-state index in [-0.39, 0.29) is 0 Å². The van der Waals surface area contributed by atoms with E-state index in [0.29, 0.717) is 39.5 Å². The van der Waals surface area contributed by atoms with Crippen LogP contribution < -0.4 is 10.6 Å². The first kappa shape index (κ1) is 19.8. The van der Waals surface area contributed by atoms with Crippen LogP contribution >= 0.6 is 0 Å². The summed E-state index contributed by atoms with van der Waals surface area (Å²) in [5, 5.41) is 25.4. The molecule has 0 saturated carbocycles. The molecular formula is C14H32N2O4. The fraction of sp³-hybridized carbons (Fsp3) is 1.00. The number of hydrogen-bond donors (Lipinski definition) is 4. The molecule has 0 aromatic rings. The van der Waals surface area contributed by atoms with Gasteiger partial charge in [0.25, 0.3) is 0 Å². The molecule has 122 valence electrons. The molecule has 0 amide bonds. The Bertz CT molecular complexity index is 176. The van der Waals surface area contributed by atoms with Crippen LogP contribution in [0.15, 0.2) is 0 Å². The Morgan fingerprint density at radius 1 is 0.800 bits per heavy atom. The second kappa shape index (κ2) is 15.2. The summed E-state index contributed by atoms with van der Waals surface area (Å²) in [5.41, 5.74) is 0. The SMILES string of the molecule is CCOCC(O)CNCCCCNCC(O)COCC. The van der Waals surface area contributed by atoms with Crippen LogP contribution in [0.25, 0.3) is 0 Å². The molecule has 6 nitrogen and oxygen atoms in total. The maximum absolute atomic E-state index is 9.51. The van der Waals surface area contributed by atoms with Gasteiger partial charge in [0.2, 0.25) is 0 Å². The van der Waals surface area contributed by atoms with E-state index < -0.39 is 12.2 Å². The van der Waals surface area contributed by atoms with Crippen molar-refractivity contribution in [3.63, 3.8) is 0 Å². The minimum Gasteiger partial charge on any atom is -0.389 e. The van der Waals surface area contributed by atoms with Gasteiger partial charge in [-0.2, -0.15) is 0 Å². The lowest BCUT2D eigenvalue weighted by Crippen LogP contribution is -2.32. The van der Waals surface area contributed by atoms with Gasteiger partial charge in [0.15, 0.2) is 0 Å². The monoisotopic (exact) mass is 292 g/mol. The van der Waals surface area contributed by atoms with Gasteiger partial charge in [-0.3, -0.25) is 0 Å². The van der Waals surface area contributed by atoms with Crippen LogP contribution in [0, 0.1) is 0 Å². The Labute approximate surface area is 122 Å². The molecule has 0 aliphatic carbocycles. The number of nitrogens with one attached hydrogen (secondary N) is 2. The molecule has 0 heterocycles. The summed E-state index contributed by atoms with van der Waals surface area (Å²) in [7, 11) is 0. The van der Waals surface area contributed by atoms with E-state index in [2.05, 4.69) is 10.6 Å². The third-order valence-corrected chi connectivity index (χ3v) is 2.75. The molecule has 2 atom stereocenters. The van der Waals surface area contributed by atoms with Crippen molar-refractivity contribution >= 4 is 0 Å². The van der Waals surface area contributed by atoms with Crippen molar-refractivity contribution < 1.29 is 19.7 Å². The van der Waals surface area contributed by atoms with Crippen LogP contribution in [-0.2, 0) is 9.47 Å². The van der Waals surface area contributed by atoms with Crippen molar-refractivity contribution in [1.29, 1.82) is 0 Å². The molecule has 4 N–H and O–H groups in total. The zero-order chi connectivity index (χ0) is 15.1. The molecule has 0 radical (unpaired) electrons. The molecule has 0 bridgehead atoms. The molecule has 0 aromatic heterocycles. The van der Waals surface area contributed by atoms with Crippen LogP contribution in [0.4, 0.5) is 0 Å². The van der Waals surface area contributed by atoms with Crippen LogP contribution in [0.1, 0.15) is 26.7 Å². The fourth-order valence-corrected chi connectivity index (χ4v) is 1.66.